The van der Waals surface area contributed by atoms with Crippen molar-refractivity contribution in [2.24, 2.45) is 0 Å². The van der Waals surface area contributed by atoms with Gasteiger partial charge in [-0.25, -0.2) is 9.97 Å². The number of rotatable bonds is 0. The number of hydrogen-bond donors (Lipinski definition) is 1. The van der Waals surface area contributed by atoms with Crippen LogP contribution in [-0.2, 0) is 0 Å². The molecule has 0 spiro atoms. The first-order valence-electron chi connectivity index (χ1n) is 3.73. The molecule has 0 fully saturated rings. The number of nitrogens with one attached hydrogen (secondary N) is 2. The third kappa shape index (κ3) is 0.909. The fraction of sp³-hybridized carbons (Fsp3) is 0.222. The van der Waals surface area contributed by atoms with Crippen molar-refractivity contribution in [1.29, 1.82) is 0 Å². The van der Waals surface area contributed by atoms with Crippen LogP contribution in [0, 0.1) is 13.8 Å². The second-order valence-corrected chi connectivity index (χ2v) is 2.92. The Bertz CT molecular complexity index is 351. The smallest absolute Gasteiger partial charge is 0.240 e. The second-order valence-electron chi connectivity index (χ2n) is 2.92. The predicted octanol–water partition coefficient (Wildman–Crippen LogP) is 1.60. The standard InChI is InChI=1S/C9H10N2/c1-6-3-8-9(4-7(6)2)11-5-10-8/h3-5H,1-2H3,(H,10,11)/p+1. The lowest BCUT2D eigenvalue weighted by Crippen LogP contribution is -1.94. The Morgan fingerprint density at radius 2 is 1.91 bits per heavy atom. The van der Waals surface area contributed by atoms with E-state index in [1.807, 2.05) is 6.33 Å². The molecule has 0 unspecified atom stereocenters. The molecule has 0 saturated carbocycles. The molecule has 2 heteroatoms. The van der Waals surface area contributed by atoms with Crippen molar-refractivity contribution in [2.75, 3.05) is 0 Å². The first kappa shape index (κ1) is 6.40. The molecule has 2 aromatic rings. The molecule has 0 saturated heterocycles. The minimum atomic E-state index is 1.17. The van der Waals surface area contributed by atoms with E-state index in [1.165, 1.54) is 22.2 Å². The Morgan fingerprint density at radius 1 is 1.18 bits per heavy atom. The Morgan fingerprint density at radius 3 is 2.73 bits per heavy atom. The highest BCUT2D eigenvalue weighted by atomic mass is 14.9. The molecule has 0 aliphatic rings. The van der Waals surface area contributed by atoms with Crippen LogP contribution in [0.15, 0.2) is 18.5 Å². The van der Waals surface area contributed by atoms with Crippen molar-refractivity contribution < 1.29 is 4.98 Å². The Labute approximate surface area is 65.3 Å². The van der Waals surface area contributed by atoms with Gasteiger partial charge in [0.1, 0.15) is 0 Å². The van der Waals surface area contributed by atoms with Gasteiger partial charge in [0.25, 0.3) is 0 Å². The molecule has 0 bridgehead atoms. The zero-order valence-corrected chi connectivity index (χ0v) is 6.73. The summed E-state index contributed by atoms with van der Waals surface area (Å²) in [5, 5.41) is 0. The minimum Gasteiger partial charge on any atom is -0.244 e. The number of fused-ring (bicyclic) bond motifs is 1. The van der Waals surface area contributed by atoms with Crippen molar-refractivity contribution in [3.05, 3.63) is 29.6 Å². The summed E-state index contributed by atoms with van der Waals surface area (Å²) < 4.78 is 0. The molecule has 0 radical (unpaired) electrons. The zero-order chi connectivity index (χ0) is 7.84. The van der Waals surface area contributed by atoms with E-state index in [-0.39, 0.29) is 0 Å². The quantitative estimate of drug-likeness (QED) is 0.586. The highest BCUT2D eigenvalue weighted by Gasteiger charge is 2.02. The lowest BCUT2D eigenvalue weighted by atomic mass is 10.1. The summed E-state index contributed by atoms with van der Waals surface area (Å²) in [6, 6.07) is 4.31. The molecule has 1 heterocycles. The van der Waals surface area contributed by atoms with Gasteiger partial charge in [-0.3, -0.25) is 0 Å². The van der Waals surface area contributed by atoms with E-state index >= 15 is 0 Å². The molecular formula is C9H11N2+. The maximum absolute atomic E-state index is 3.13. The van der Waals surface area contributed by atoms with Crippen molar-refractivity contribution in [3.63, 3.8) is 0 Å². The normalized spacial score (nSPS) is 10.7. The third-order valence-electron chi connectivity index (χ3n) is 2.09. The van der Waals surface area contributed by atoms with Crippen LogP contribution in [0.2, 0.25) is 0 Å². The van der Waals surface area contributed by atoms with Crippen LogP contribution < -0.4 is 4.98 Å². The van der Waals surface area contributed by atoms with Crippen molar-refractivity contribution >= 4 is 11.0 Å². The largest absolute Gasteiger partial charge is 0.244 e. The van der Waals surface area contributed by atoms with E-state index in [0.29, 0.717) is 0 Å². The van der Waals surface area contributed by atoms with E-state index in [1.54, 1.807) is 0 Å². The Balaban J connectivity index is 2.86. The van der Waals surface area contributed by atoms with Gasteiger partial charge in [0.15, 0.2) is 11.0 Å². The maximum atomic E-state index is 3.13. The molecule has 0 atom stereocenters. The van der Waals surface area contributed by atoms with Crippen LogP contribution in [0.25, 0.3) is 11.0 Å². The van der Waals surface area contributed by atoms with Gasteiger partial charge >= 0.3 is 0 Å². The van der Waals surface area contributed by atoms with Gasteiger partial charge in [-0.15, -0.1) is 0 Å². The fourth-order valence-electron chi connectivity index (χ4n) is 1.25. The molecule has 2 nitrogen and oxygen atoms in total. The van der Waals surface area contributed by atoms with Crippen LogP contribution in [0.3, 0.4) is 0 Å². The van der Waals surface area contributed by atoms with Gasteiger partial charge in [0.2, 0.25) is 6.33 Å². The summed E-state index contributed by atoms with van der Waals surface area (Å²) in [7, 11) is 0. The Hall–Kier alpha value is -1.31. The van der Waals surface area contributed by atoms with E-state index in [0.717, 1.165) is 0 Å². The number of benzene rings is 1. The first-order valence-corrected chi connectivity index (χ1v) is 3.73. The molecule has 0 amide bonds. The van der Waals surface area contributed by atoms with E-state index in [9.17, 15) is 0 Å². The zero-order valence-electron chi connectivity index (χ0n) is 6.73. The summed E-state index contributed by atoms with van der Waals surface area (Å²) in [4.78, 5) is 6.26. The maximum Gasteiger partial charge on any atom is 0.240 e. The van der Waals surface area contributed by atoms with Gasteiger partial charge < -0.3 is 0 Å². The highest BCUT2D eigenvalue weighted by molar-refractivity contribution is 5.72. The number of hydrogen-bond acceptors (Lipinski definition) is 0. The van der Waals surface area contributed by atoms with E-state index < -0.39 is 0 Å². The van der Waals surface area contributed by atoms with Crippen molar-refractivity contribution in [2.45, 2.75) is 13.8 Å². The van der Waals surface area contributed by atoms with Crippen LogP contribution >= 0.6 is 0 Å². The lowest BCUT2D eigenvalue weighted by molar-refractivity contribution is -0.344. The monoisotopic (exact) mass is 147 g/mol. The van der Waals surface area contributed by atoms with Gasteiger partial charge in [0.05, 0.1) is 0 Å². The molecule has 1 aromatic heterocycles. The van der Waals surface area contributed by atoms with Crippen LogP contribution in [-0.4, -0.2) is 4.98 Å². The lowest BCUT2D eigenvalue weighted by Gasteiger charge is -1.94. The van der Waals surface area contributed by atoms with Crippen LogP contribution in [0.4, 0.5) is 0 Å². The summed E-state index contributed by atoms with van der Waals surface area (Å²) in [6.45, 7) is 4.24. The van der Waals surface area contributed by atoms with Gasteiger partial charge in [-0.05, 0) is 37.1 Å². The van der Waals surface area contributed by atoms with E-state index in [2.05, 4.69) is 35.9 Å². The number of imidazole rings is 1. The average molecular weight is 147 g/mol. The van der Waals surface area contributed by atoms with Gasteiger partial charge in [-0.1, -0.05) is 0 Å². The summed E-state index contributed by atoms with van der Waals surface area (Å²) >= 11 is 0. The molecule has 1 aromatic carbocycles. The summed E-state index contributed by atoms with van der Waals surface area (Å²) in [6.07, 6.45) is 1.85. The second kappa shape index (κ2) is 2.09. The highest BCUT2D eigenvalue weighted by Crippen LogP contribution is 2.12. The summed E-state index contributed by atoms with van der Waals surface area (Å²) in [5.41, 5.74) is 5.00. The molecule has 2 N–H and O–H groups in total. The molecule has 0 aliphatic carbocycles. The average Bonchev–Trinajstić information content (AvgIpc) is 2.36. The van der Waals surface area contributed by atoms with Crippen molar-refractivity contribution in [3.8, 4) is 0 Å². The predicted molar refractivity (Wildman–Crippen MR) is 44.3 cm³/mol. The first-order chi connectivity index (χ1) is 5.27. The van der Waals surface area contributed by atoms with Gasteiger partial charge in [0, 0.05) is 0 Å². The third-order valence-corrected chi connectivity index (χ3v) is 2.09. The number of aryl methyl sites for hydroxylation is 2. The summed E-state index contributed by atoms with van der Waals surface area (Å²) in [5.74, 6) is 0. The molecule has 56 valence electrons. The topological polar surface area (TPSA) is 29.9 Å². The van der Waals surface area contributed by atoms with Crippen LogP contribution in [0.1, 0.15) is 11.1 Å². The van der Waals surface area contributed by atoms with Crippen molar-refractivity contribution in [1.82, 2.24) is 4.98 Å². The number of H-pyrrole nitrogens is 2. The minimum absolute atomic E-state index is 1.17. The van der Waals surface area contributed by atoms with Crippen LogP contribution in [0.5, 0.6) is 0 Å². The Kier molecular flexibility index (Phi) is 1.22. The van der Waals surface area contributed by atoms with Gasteiger partial charge in [-0.2, -0.15) is 0 Å². The molecular weight excluding hydrogens is 136 g/mol. The molecule has 0 aliphatic heterocycles. The van der Waals surface area contributed by atoms with E-state index in [4.69, 9.17) is 0 Å². The molecule has 11 heavy (non-hydrogen) atoms. The fourth-order valence-corrected chi connectivity index (χ4v) is 1.25. The number of aromatic amines is 2. The number of aromatic nitrogens is 2. The SMILES string of the molecule is Cc1cc2[nH]c[nH+]c2cc1C. The molecule has 2 rings (SSSR count).